The van der Waals surface area contributed by atoms with Gasteiger partial charge in [-0.25, -0.2) is 4.98 Å². The summed E-state index contributed by atoms with van der Waals surface area (Å²) in [5.41, 5.74) is 10.8. The molecule has 2 unspecified atom stereocenters. The van der Waals surface area contributed by atoms with Crippen molar-refractivity contribution in [3.63, 3.8) is 0 Å². The van der Waals surface area contributed by atoms with Crippen LogP contribution >= 0.6 is 19.9 Å². The smallest absolute Gasteiger partial charge is 0.329 e. The van der Waals surface area contributed by atoms with E-state index in [4.69, 9.17) is 20.6 Å². The van der Waals surface area contributed by atoms with Gasteiger partial charge in [0.15, 0.2) is 6.79 Å². The molecule has 1 aliphatic rings. The summed E-state index contributed by atoms with van der Waals surface area (Å²) in [6, 6.07) is 7.09. The number of amides is 2. The number of aliphatic hydroxyl groups is 1. The zero-order valence-corrected chi connectivity index (χ0v) is 22.2. The minimum atomic E-state index is -2.35. The minimum absolute atomic E-state index is 0.112. The molecule has 6 N–H and O–H groups in total. The number of thiazole rings is 1. The molecule has 10 nitrogen and oxygen atoms in total. The van der Waals surface area contributed by atoms with E-state index in [1.165, 1.54) is 0 Å². The van der Waals surface area contributed by atoms with Gasteiger partial charge in [-0.05, 0) is 36.3 Å². The second-order valence-electron chi connectivity index (χ2n) is 9.23. The van der Waals surface area contributed by atoms with E-state index in [0.29, 0.717) is 19.5 Å². The summed E-state index contributed by atoms with van der Waals surface area (Å²) in [7, 11) is -2.35. The van der Waals surface area contributed by atoms with Crippen molar-refractivity contribution in [1.29, 1.82) is 0 Å². The molecule has 1 fully saturated rings. The molecule has 35 heavy (non-hydrogen) atoms. The molecule has 0 bridgehead atoms. The van der Waals surface area contributed by atoms with Gasteiger partial charge in [0.2, 0.25) is 11.8 Å². The monoisotopic (exact) mass is 526 g/mol. The number of likely N-dealkylation sites (tertiary alicyclic amines) is 1. The number of carbonyl (C=O) groups excluding carboxylic acids is 2. The fourth-order valence-corrected chi connectivity index (χ4v) is 4.48. The van der Waals surface area contributed by atoms with E-state index >= 15 is 0 Å². The molecule has 1 saturated heterocycles. The van der Waals surface area contributed by atoms with Crippen LogP contribution in [-0.2, 0) is 20.7 Å². The van der Waals surface area contributed by atoms with Crippen LogP contribution in [0.1, 0.15) is 44.9 Å². The molecule has 2 amide bonds. The van der Waals surface area contributed by atoms with Gasteiger partial charge in [0.25, 0.3) is 0 Å². The molecule has 0 spiro atoms. The van der Waals surface area contributed by atoms with Crippen molar-refractivity contribution in [3.8, 4) is 10.4 Å². The lowest BCUT2D eigenvalue weighted by Crippen LogP contribution is -2.54. The summed E-state index contributed by atoms with van der Waals surface area (Å²) in [6.45, 7) is 8.21. The highest BCUT2D eigenvalue weighted by Crippen LogP contribution is 2.27. The fraction of sp³-hybridized carbons (Fsp3) is 0.522. The molecule has 1 aliphatic heterocycles. The van der Waals surface area contributed by atoms with Crippen LogP contribution in [0.2, 0.25) is 0 Å². The van der Waals surface area contributed by atoms with Gasteiger partial charge in [-0.3, -0.25) is 14.1 Å². The summed E-state index contributed by atoms with van der Waals surface area (Å²) >= 11 is 1.62. The van der Waals surface area contributed by atoms with E-state index in [9.17, 15) is 9.59 Å². The number of hydrogen-bond donors (Lipinski definition) is 5. The van der Waals surface area contributed by atoms with Crippen LogP contribution in [0.5, 0.6) is 0 Å². The Morgan fingerprint density at radius 1 is 1.31 bits per heavy atom. The van der Waals surface area contributed by atoms with E-state index in [1.54, 1.807) is 16.2 Å². The first-order valence-corrected chi connectivity index (χ1v) is 13.2. The highest BCUT2D eigenvalue weighted by atomic mass is 32.1. The Morgan fingerprint density at radius 2 is 1.97 bits per heavy atom. The Morgan fingerprint density at radius 3 is 2.46 bits per heavy atom. The number of aliphatic hydroxyl groups excluding tert-OH is 1. The molecular weight excluding hydrogens is 491 g/mol. The topological polar surface area (TPSA) is 158 Å². The summed E-state index contributed by atoms with van der Waals surface area (Å²) in [4.78, 5) is 48.2. The van der Waals surface area contributed by atoms with Crippen LogP contribution in [0.25, 0.3) is 10.4 Å². The van der Waals surface area contributed by atoms with Crippen LogP contribution in [-0.4, -0.2) is 62.0 Å². The van der Waals surface area contributed by atoms with Crippen molar-refractivity contribution < 1.29 is 29.0 Å². The molecule has 2 aromatic rings. The highest BCUT2D eigenvalue weighted by Gasteiger charge is 2.39. The number of hydrogen-bond acceptors (Lipinski definition) is 9. The highest BCUT2D eigenvalue weighted by molar-refractivity contribution is 7.39. The van der Waals surface area contributed by atoms with Crippen LogP contribution < -0.4 is 11.1 Å². The number of aryl methyl sites for hydroxylation is 1. The van der Waals surface area contributed by atoms with Crippen molar-refractivity contribution in [2.45, 2.75) is 59.2 Å². The zero-order chi connectivity index (χ0) is 26.2. The van der Waals surface area contributed by atoms with Gasteiger partial charge in [0.05, 0.1) is 22.1 Å². The van der Waals surface area contributed by atoms with Crippen LogP contribution in [0.4, 0.5) is 0 Å². The fourth-order valence-electron chi connectivity index (χ4n) is 3.56. The maximum Gasteiger partial charge on any atom is 0.329 e. The molecule has 1 aromatic carbocycles. The van der Waals surface area contributed by atoms with Gasteiger partial charge < -0.3 is 30.8 Å². The second kappa shape index (κ2) is 13.4. The average Bonchev–Trinajstić information content (AvgIpc) is 3.46. The van der Waals surface area contributed by atoms with Crippen molar-refractivity contribution in [1.82, 2.24) is 15.2 Å². The standard InChI is InChI=1S/C22H30N4O2S.CH5O4P/c1-14-18(29-13-25-14)16-9-7-15(8-10-16)12-24-20(27)17-6-5-11-26(17)21(28)19(23)22(2,3)4;2-1-5-6(3)4/h7-10,13,17,19H,5-6,11-12,23H2,1-4H3,(H,24,27);2-4H,1H2. The first-order chi connectivity index (χ1) is 16.5. The SMILES string of the molecule is Cc1ncsc1-c1ccc(CNC(=O)C2CCCN2C(=O)C(N)C(C)(C)C)cc1.OCOP(O)O. The molecular formula is C23H35N4O6PS. The van der Waals surface area contributed by atoms with E-state index in [-0.39, 0.29) is 17.2 Å². The summed E-state index contributed by atoms with van der Waals surface area (Å²) < 4.78 is 3.77. The third kappa shape index (κ3) is 8.57. The number of nitrogens with one attached hydrogen (secondary N) is 1. The zero-order valence-electron chi connectivity index (χ0n) is 20.5. The molecule has 2 heterocycles. The van der Waals surface area contributed by atoms with Crippen molar-refractivity contribution in [2.24, 2.45) is 11.1 Å². The predicted molar refractivity (Wildman–Crippen MR) is 136 cm³/mol. The number of rotatable bonds is 7. The molecule has 1 aromatic heterocycles. The van der Waals surface area contributed by atoms with Crippen LogP contribution in [0.3, 0.4) is 0 Å². The molecule has 12 heteroatoms. The number of nitrogens with two attached hydrogens (primary N) is 1. The van der Waals surface area contributed by atoms with Gasteiger partial charge in [-0.1, -0.05) is 45.0 Å². The average molecular weight is 527 g/mol. The first kappa shape index (κ1) is 29.3. The largest absolute Gasteiger partial charge is 0.370 e. The van der Waals surface area contributed by atoms with E-state index in [2.05, 4.69) is 27.0 Å². The van der Waals surface area contributed by atoms with Gasteiger partial charge in [-0.15, -0.1) is 11.3 Å². The Kier molecular flexibility index (Phi) is 11.2. The maximum atomic E-state index is 12.8. The van der Waals surface area contributed by atoms with Gasteiger partial charge in [0.1, 0.15) is 6.04 Å². The summed E-state index contributed by atoms with van der Waals surface area (Å²) in [6.07, 6.45) is 1.50. The number of carbonyl (C=O) groups is 2. The number of nitrogens with zero attached hydrogens (tertiary/aromatic N) is 2. The molecule has 0 radical (unpaired) electrons. The quantitative estimate of drug-likeness (QED) is 0.271. The summed E-state index contributed by atoms with van der Waals surface area (Å²) in [5, 5.41) is 10.7. The second-order valence-corrected chi connectivity index (χ2v) is 10.8. The third-order valence-electron chi connectivity index (χ3n) is 5.64. The first-order valence-electron chi connectivity index (χ1n) is 11.2. The van der Waals surface area contributed by atoms with Gasteiger partial charge in [-0.2, -0.15) is 0 Å². The maximum absolute atomic E-state index is 12.8. The summed E-state index contributed by atoms with van der Waals surface area (Å²) in [5.74, 6) is -0.251. The Hall–Kier alpha value is -1.98. The lowest BCUT2D eigenvalue weighted by Gasteiger charge is -2.32. The van der Waals surface area contributed by atoms with E-state index < -0.39 is 27.5 Å². The third-order valence-corrected chi connectivity index (χ3v) is 6.96. The van der Waals surface area contributed by atoms with E-state index in [1.807, 2.05) is 45.3 Å². The molecule has 0 aliphatic carbocycles. The molecule has 194 valence electrons. The van der Waals surface area contributed by atoms with E-state index in [0.717, 1.165) is 28.1 Å². The van der Waals surface area contributed by atoms with Crippen LogP contribution in [0, 0.1) is 12.3 Å². The molecule has 2 atom stereocenters. The number of aromatic nitrogens is 1. The minimum Gasteiger partial charge on any atom is -0.370 e. The Bertz CT molecular complexity index is 964. The lowest BCUT2D eigenvalue weighted by atomic mass is 9.86. The van der Waals surface area contributed by atoms with Gasteiger partial charge in [0, 0.05) is 13.1 Å². The lowest BCUT2D eigenvalue weighted by molar-refractivity contribution is -0.141. The van der Waals surface area contributed by atoms with Crippen molar-refractivity contribution in [3.05, 3.63) is 41.0 Å². The normalized spacial score (nSPS) is 16.6. The van der Waals surface area contributed by atoms with Crippen LogP contribution in [0.15, 0.2) is 29.8 Å². The molecule has 3 rings (SSSR count). The van der Waals surface area contributed by atoms with Gasteiger partial charge >= 0.3 is 8.60 Å². The Balaban J connectivity index is 0.000000641. The number of benzene rings is 1. The molecule has 0 saturated carbocycles. The van der Waals surface area contributed by atoms with Crippen molar-refractivity contribution in [2.75, 3.05) is 13.3 Å². The Labute approximate surface area is 211 Å². The predicted octanol–water partition coefficient (Wildman–Crippen LogP) is 2.26. The van der Waals surface area contributed by atoms with Crippen molar-refractivity contribution >= 4 is 31.8 Å².